The minimum atomic E-state index is 0.125. The largest absolute Gasteiger partial charge is 0.353 e. The molecule has 0 amide bonds. The van der Waals surface area contributed by atoms with Crippen molar-refractivity contribution in [3.63, 3.8) is 0 Å². The van der Waals surface area contributed by atoms with Gasteiger partial charge in [0.25, 0.3) is 0 Å². The highest BCUT2D eigenvalue weighted by Gasteiger charge is 2.21. The first-order chi connectivity index (χ1) is 8.72. The van der Waals surface area contributed by atoms with Gasteiger partial charge >= 0.3 is 0 Å². The number of nitrogens with two attached hydrogens (primary N) is 1. The molecule has 2 atom stereocenters. The fourth-order valence-electron chi connectivity index (χ4n) is 2.43. The Hall–Kier alpha value is -1.19. The maximum absolute atomic E-state index is 5.89. The molecule has 0 aliphatic carbocycles. The Morgan fingerprint density at radius 2 is 2.22 bits per heavy atom. The van der Waals surface area contributed by atoms with E-state index in [4.69, 9.17) is 5.73 Å². The van der Waals surface area contributed by atoms with Crippen LogP contribution in [0.5, 0.6) is 0 Å². The van der Waals surface area contributed by atoms with E-state index >= 15 is 0 Å². The summed E-state index contributed by atoms with van der Waals surface area (Å²) in [6, 6.07) is 11.0. The van der Waals surface area contributed by atoms with Crippen molar-refractivity contribution in [1.29, 1.82) is 0 Å². The lowest BCUT2D eigenvalue weighted by molar-refractivity contribution is 0.663. The van der Waals surface area contributed by atoms with Gasteiger partial charge in [-0.25, -0.2) is 0 Å². The molecule has 0 fully saturated rings. The third-order valence-corrected chi connectivity index (χ3v) is 4.73. The van der Waals surface area contributed by atoms with Crippen LogP contribution in [0.2, 0.25) is 0 Å². The second-order valence-electron chi connectivity index (χ2n) is 4.98. The van der Waals surface area contributed by atoms with Gasteiger partial charge in [-0.2, -0.15) is 0 Å². The van der Waals surface area contributed by atoms with Crippen molar-refractivity contribution in [3.8, 4) is 0 Å². The number of rotatable bonds is 3. The Morgan fingerprint density at radius 1 is 1.39 bits per heavy atom. The Morgan fingerprint density at radius 3 is 2.94 bits per heavy atom. The van der Waals surface area contributed by atoms with Crippen molar-refractivity contribution >= 4 is 11.8 Å². The third kappa shape index (κ3) is 2.33. The number of hydrogen-bond acceptors (Lipinski definition) is 2. The molecule has 18 heavy (non-hydrogen) atoms. The van der Waals surface area contributed by atoms with Gasteiger partial charge in [-0.05, 0) is 36.6 Å². The summed E-state index contributed by atoms with van der Waals surface area (Å²) in [6.45, 7) is 3.09. The summed E-state index contributed by atoms with van der Waals surface area (Å²) in [5.41, 5.74) is 8.60. The molecule has 1 aromatic carbocycles. The Labute approximate surface area is 112 Å². The fourth-order valence-corrected chi connectivity index (χ4v) is 3.76. The molecule has 1 aliphatic rings. The van der Waals surface area contributed by atoms with E-state index in [2.05, 4.69) is 47.3 Å². The van der Waals surface area contributed by atoms with Crippen molar-refractivity contribution in [3.05, 3.63) is 53.9 Å². The van der Waals surface area contributed by atoms with Crippen molar-refractivity contribution in [2.75, 3.05) is 0 Å². The van der Waals surface area contributed by atoms with Gasteiger partial charge in [-0.3, -0.25) is 0 Å². The maximum atomic E-state index is 5.89. The smallest absolute Gasteiger partial charge is 0.0345 e. The molecular formula is C15H18N2S. The minimum Gasteiger partial charge on any atom is -0.353 e. The molecule has 2 nitrogen and oxygen atoms in total. The maximum Gasteiger partial charge on any atom is 0.0345 e. The van der Waals surface area contributed by atoms with E-state index in [9.17, 15) is 0 Å². The first-order valence-corrected chi connectivity index (χ1v) is 7.26. The van der Waals surface area contributed by atoms with E-state index in [1.807, 2.05) is 18.7 Å². The molecule has 0 spiro atoms. The average molecular weight is 258 g/mol. The predicted molar refractivity (Wildman–Crippen MR) is 76.8 cm³/mol. The summed E-state index contributed by atoms with van der Waals surface area (Å²) >= 11 is 2.00. The Balaban J connectivity index is 1.68. The highest BCUT2D eigenvalue weighted by atomic mass is 32.2. The molecule has 3 rings (SSSR count). The normalized spacial score (nSPS) is 19.8. The van der Waals surface area contributed by atoms with Crippen LogP contribution in [-0.2, 0) is 13.0 Å². The molecule has 0 radical (unpaired) electrons. The van der Waals surface area contributed by atoms with Crippen LogP contribution >= 0.6 is 11.8 Å². The molecule has 2 heterocycles. The molecule has 0 bridgehead atoms. The molecule has 0 saturated carbocycles. The number of thioether (sulfide) groups is 1. The molecule has 2 aromatic rings. The molecule has 1 aromatic heterocycles. The van der Waals surface area contributed by atoms with Crippen LogP contribution in [0.25, 0.3) is 0 Å². The van der Waals surface area contributed by atoms with Crippen LogP contribution < -0.4 is 5.73 Å². The molecular weight excluding hydrogens is 240 g/mol. The summed E-state index contributed by atoms with van der Waals surface area (Å²) in [7, 11) is 0. The van der Waals surface area contributed by atoms with Gasteiger partial charge in [0.05, 0.1) is 0 Å². The highest BCUT2D eigenvalue weighted by Crippen LogP contribution is 2.37. The fraction of sp³-hybridized carbons (Fsp3) is 0.333. The SMILES string of the molecule is CC(N)c1ccn(CC2Cc3ccccc3S2)c1. The first kappa shape index (κ1) is 11.9. The van der Waals surface area contributed by atoms with Gasteiger partial charge in [0.1, 0.15) is 0 Å². The molecule has 1 aliphatic heterocycles. The van der Waals surface area contributed by atoms with Gasteiger partial charge < -0.3 is 10.3 Å². The van der Waals surface area contributed by atoms with E-state index in [0.717, 1.165) is 6.54 Å². The topological polar surface area (TPSA) is 30.9 Å². The van der Waals surface area contributed by atoms with Gasteiger partial charge in [-0.15, -0.1) is 11.8 Å². The van der Waals surface area contributed by atoms with E-state index in [-0.39, 0.29) is 6.04 Å². The second-order valence-corrected chi connectivity index (χ2v) is 6.32. The average Bonchev–Trinajstić information content (AvgIpc) is 2.94. The van der Waals surface area contributed by atoms with Gasteiger partial charge in [0.15, 0.2) is 0 Å². The van der Waals surface area contributed by atoms with Crippen LogP contribution in [0.3, 0.4) is 0 Å². The third-order valence-electron chi connectivity index (χ3n) is 3.43. The predicted octanol–water partition coefficient (Wildman–Crippen LogP) is 3.22. The summed E-state index contributed by atoms with van der Waals surface area (Å²) in [4.78, 5) is 1.45. The summed E-state index contributed by atoms with van der Waals surface area (Å²) in [5, 5.41) is 0.649. The van der Waals surface area contributed by atoms with Crippen molar-refractivity contribution in [2.24, 2.45) is 5.73 Å². The Bertz CT molecular complexity index is 520. The van der Waals surface area contributed by atoms with Crippen LogP contribution in [0, 0.1) is 0 Å². The molecule has 2 unspecified atom stereocenters. The molecule has 3 heteroatoms. The van der Waals surface area contributed by atoms with Crippen LogP contribution in [0.4, 0.5) is 0 Å². The Kier molecular flexibility index (Phi) is 3.18. The van der Waals surface area contributed by atoms with E-state index < -0.39 is 0 Å². The summed E-state index contributed by atoms with van der Waals surface area (Å²) in [6.07, 6.45) is 5.49. The van der Waals surface area contributed by atoms with Gasteiger partial charge in [-0.1, -0.05) is 18.2 Å². The number of fused-ring (bicyclic) bond motifs is 1. The summed E-state index contributed by atoms with van der Waals surface area (Å²) in [5.74, 6) is 0. The number of hydrogen-bond donors (Lipinski definition) is 1. The molecule has 94 valence electrons. The highest BCUT2D eigenvalue weighted by molar-refractivity contribution is 8.00. The number of benzene rings is 1. The van der Waals surface area contributed by atoms with Gasteiger partial charge in [0.2, 0.25) is 0 Å². The lowest BCUT2D eigenvalue weighted by Crippen LogP contribution is -2.11. The number of aromatic nitrogens is 1. The van der Waals surface area contributed by atoms with Crippen molar-refractivity contribution in [1.82, 2.24) is 4.57 Å². The van der Waals surface area contributed by atoms with Crippen LogP contribution in [0.1, 0.15) is 24.1 Å². The lowest BCUT2D eigenvalue weighted by Gasteiger charge is -2.09. The second kappa shape index (κ2) is 4.82. The lowest BCUT2D eigenvalue weighted by atomic mass is 10.1. The zero-order valence-corrected chi connectivity index (χ0v) is 11.4. The number of nitrogens with zero attached hydrogens (tertiary/aromatic N) is 1. The quantitative estimate of drug-likeness (QED) is 0.916. The zero-order valence-electron chi connectivity index (χ0n) is 10.5. The first-order valence-electron chi connectivity index (χ1n) is 6.38. The minimum absolute atomic E-state index is 0.125. The van der Waals surface area contributed by atoms with Crippen molar-refractivity contribution < 1.29 is 0 Å². The summed E-state index contributed by atoms with van der Waals surface area (Å²) < 4.78 is 2.27. The van der Waals surface area contributed by atoms with E-state index in [1.165, 1.54) is 22.4 Å². The zero-order chi connectivity index (χ0) is 12.5. The molecule has 2 N–H and O–H groups in total. The standard InChI is InChI=1S/C15H18N2S/c1-11(16)13-6-7-17(9-13)10-14-8-12-4-2-3-5-15(12)18-14/h2-7,9,11,14H,8,10,16H2,1H3. The van der Waals surface area contributed by atoms with Gasteiger partial charge in [0, 0.05) is 35.1 Å². The van der Waals surface area contributed by atoms with E-state index in [0.29, 0.717) is 5.25 Å². The van der Waals surface area contributed by atoms with E-state index in [1.54, 1.807) is 0 Å². The monoisotopic (exact) mass is 258 g/mol. The van der Waals surface area contributed by atoms with Crippen LogP contribution in [0.15, 0.2) is 47.6 Å². The van der Waals surface area contributed by atoms with Crippen molar-refractivity contribution in [2.45, 2.75) is 36.1 Å². The molecule has 0 saturated heterocycles. The van der Waals surface area contributed by atoms with Crippen LogP contribution in [-0.4, -0.2) is 9.82 Å².